The molecule has 0 saturated heterocycles. The SMILES string of the molecule is CC(C)(C)c1cc(-c2cc(Nc3cc(C45CCC(CC4)C5)cc(C45CCC(CC4)C5)c3)cc(-c3cc(C(C)(C)C)cc(C(C)(C)C)c3)c2)cc(C(C)(C)C)c1. The molecule has 55 heavy (non-hydrogen) atoms. The summed E-state index contributed by atoms with van der Waals surface area (Å²) < 4.78 is 0. The summed E-state index contributed by atoms with van der Waals surface area (Å²) in [6.45, 7) is 28.2. The van der Waals surface area contributed by atoms with E-state index in [2.05, 4.69) is 161 Å². The van der Waals surface area contributed by atoms with Crippen LogP contribution in [-0.2, 0) is 32.5 Å². The Bertz CT molecular complexity index is 1870. The van der Waals surface area contributed by atoms with Gasteiger partial charge in [0.15, 0.2) is 0 Å². The summed E-state index contributed by atoms with van der Waals surface area (Å²) in [6, 6.07) is 30.0. The van der Waals surface area contributed by atoms with Crippen LogP contribution in [0.2, 0.25) is 0 Å². The van der Waals surface area contributed by atoms with Crippen LogP contribution in [0, 0.1) is 11.8 Å². The fraction of sp³-hybridized carbons (Fsp3) is 0.556. The zero-order valence-electron chi connectivity index (χ0n) is 36.7. The van der Waals surface area contributed by atoms with E-state index in [9.17, 15) is 0 Å². The number of fused-ring (bicyclic) bond motifs is 4. The van der Waals surface area contributed by atoms with Crippen molar-refractivity contribution in [3.63, 3.8) is 0 Å². The molecule has 0 heterocycles. The summed E-state index contributed by atoms with van der Waals surface area (Å²) in [7, 11) is 0. The quantitative estimate of drug-likeness (QED) is 0.208. The second kappa shape index (κ2) is 13.1. The molecule has 0 unspecified atom stereocenters. The predicted molar refractivity (Wildman–Crippen MR) is 238 cm³/mol. The molecule has 0 aliphatic heterocycles. The molecule has 4 aromatic rings. The van der Waals surface area contributed by atoms with Gasteiger partial charge in [-0.2, -0.15) is 0 Å². The van der Waals surface area contributed by atoms with Crippen LogP contribution in [0.15, 0.2) is 72.8 Å². The highest BCUT2D eigenvalue weighted by molar-refractivity contribution is 5.81. The minimum atomic E-state index is 0.0476. The van der Waals surface area contributed by atoms with Gasteiger partial charge in [0.1, 0.15) is 0 Å². The second-order valence-corrected chi connectivity index (χ2v) is 23.2. The lowest BCUT2D eigenvalue weighted by atomic mass is 9.72. The monoisotopic (exact) mass is 734 g/mol. The molecule has 1 nitrogen and oxygen atoms in total. The Kier molecular flexibility index (Phi) is 9.19. The third kappa shape index (κ3) is 7.48. The lowest BCUT2D eigenvalue weighted by molar-refractivity contribution is 0.407. The summed E-state index contributed by atoms with van der Waals surface area (Å²) >= 11 is 0. The number of hydrogen-bond acceptors (Lipinski definition) is 1. The van der Waals surface area contributed by atoms with Crippen molar-refractivity contribution in [3.8, 4) is 22.3 Å². The standard InChI is InChI=1S/C54H71N/c1-49(2,3)41-22-39(23-42(28-41)50(4,5)6)37-21-38(40-24-43(51(7,8)9)29-44(25-40)52(10,11)12)27-47(26-37)55-48-31-45(53-17-13-35(33-53)14-18-53)30-46(32-48)54-19-15-36(34-54)16-20-54/h21-32,35-36,55H,13-20,33-34H2,1-12H3. The Morgan fingerprint density at radius 3 is 0.982 bits per heavy atom. The smallest absolute Gasteiger partial charge is 0.0396 e. The highest BCUT2D eigenvalue weighted by Gasteiger charge is 2.49. The highest BCUT2D eigenvalue weighted by atomic mass is 14.9. The largest absolute Gasteiger partial charge is 0.355 e. The number of anilines is 2. The maximum atomic E-state index is 4.14. The van der Waals surface area contributed by atoms with E-state index in [0.29, 0.717) is 10.8 Å². The van der Waals surface area contributed by atoms with Crippen molar-refractivity contribution in [1.29, 1.82) is 0 Å². The van der Waals surface area contributed by atoms with Gasteiger partial charge < -0.3 is 5.32 Å². The number of nitrogens with one attached hydrogen (secondary N) is 1. The molecule has 0 amide bonds. The molecule has 4 fully saturated rings. The number of hydrogen-bond donors (Lipinski definition) is 1. The molecule has 1 N–H and O–H groups in total. The van der Waals surface area contributed by atoms with Gasteiger partial charge in [-0.3, -0.25) is 0 Å². The second-order valence-electron chi connectivity index (χ2n) is 23.2. The molecule has 4 aliphatic carbocycles. The molecular formula is C54H71N. The van der Waals surface area contributed by atoms with Crippen molar-refractivity contribution < 1.29 is 0 Å². The van der Waals surface area contributed by atoms with Crippen molar-refractivity contribution in [2.24, 2.45) is 11.8 Å². The minimum Gasteiger partial charge on any atom is -0.355 e. The van der Waals surface area contributed by atoms with Crippen molar-refractivity contribution in [2.45, 2.75) is 180 Å². The van der Waals surface area contributed by atoms with E-state index >= 15 is 0 Å². The van der Waals surface area contributed by atoms with Crippen molar-refractivity contribution in [1.82, 2.24) is 0 Å². The van der Waals surface area contributed by atoms with Crippen LogP contribution in [0.1, 0.15) is 181 Å². The van der Waals surface area contributed by atoms with Crippen LogP contribution >= 0.6 is 0 Å². The first-order chi connectivity index (χ1) is 25.6. The highest BCUT2D eigenvalue weighted by Crippen LogP contribution is 2.59. The number of benzene rings is 4. The molecule has 4 bridgehead atoms. The van der Waals surface area contributed by atoms with Crippen LogP contribution in [0.4, 0.5) is 11.4 Å². The molecular weight excluding hydrogens is 663 g/mol. The summed E-state index contributed by atoms with van der Waals surface area (Å²) in [4.78, 5) is 0. The normalized spacial score (nSPS) is 25.2. The van der Waals surface area contributed by atoms with E-state index in [4.69, 9.17) is 0 Å². The molecule has 292 valence electrons. The Morgan fingerprint density at radius 1 is 0.382 bits per heavy atom. The Morgan fingerprint density at radius 2 is 0.691 bits per heavy atom. The van der Waals surface area contributed by atoms with Gasteiger partial charge >= 0.3 is 0 Å². The maximum Gasteiger partial charge on any atom is 0.0396 e. The fourth-order valence-corrected chi connectivity index (χ4v) is 11.0. The van der Waals surface area contributed by atoms with Crippen LogP contribution in [0.3, 0.4) is 0 Å². The topological polar surface area (TPSA) is 12.0 Å². The van der Waals surface area contributed by atoms with E-state index in [1.807, 2.05) is 0 Å². The average Bonchev–Trinajstić information content (AvgIpc) is 3.93. The van der Waals surface area contributed by atoms with E-state index < -0.39 is 0 Å². The molecule has 1 heteroatoms. The minimum absolute atomic E-state index is 0.0476. The van der Waals surface area contributed by atoms with Gasteiger partial charge in [0.2, 0.25) is 0 Å². The molecule has 4 saturated carbocycles. The van der Waals surface area contributed by atoms with Gasteiger partial charge in [-0.05, 0) is 195 Å². The first-order valence-corrected chi connectivity index (χ1v) is 22.0. The zero-order chi connectivity index (χ0) is 39.3. The van der Waals surface area contributed by atoms with Gasteiger partial charge in [-0.25, -0.2) is 0 Å². The van der Waals surface area contributed by atoms with Gasteiger partial charge in [0.05, 0.1) is 0 Å². The molecule has 0 spiro atoms. The van der Waals surface area contributed by atoms with E-state index in [1.165, 1.54) is 120 Å². The third-order valence-electron chi connectivity index (χ3n) is 14.9. The fourth-order valence-electron chi connectivity index (χ4n) is 11.0. The van der Waals surface area contributed by atoms with Gasteiger partial charge in [-0.1, -0.05) is 126 Å². The maximum absolute atomic E-state index is 4.14. The van der Waals surface area contributed by atoms with Crippen LogP contribution in [0.5, 0.6) is 0 Å². The Labute approximate surface area is 335 Å². The van der Waals surface area contributed by atoms with E-state index in [0.717, 1.165) is 11.8 Å². The van der Waals surface area contributed by atoms with E-state index in [-0.39, 0.29) is 21.7 Å². The Hall–Kier alpha value is -3.32. The molecule has 8 rings (SSSR count). The summed E-state index contributed by atoms with van der Waals surface area (Å²) in [5.41, 5.74) is 17.5. The van der Waals surface area contributed by atoms with Crippen molar-refractivity contribution in [2.75, 3.05) is 5.32 Å². The van der Waals surface area contributed by atoms with Gasteiger partial charge in [0.25, 0.3) is 0 Å². The van der Waals surface area contributed by atoms with Gasteiger partial charge in [-0.15, -0.1) is 0 Å². The molecule has 0 atom stereocenters. The van der Waals surface area contributed by atoms with Crippen molar-refractivity contribution in [3.05, 3.63) is 106 Å². The molecule has 4 aromatic carbocycles. The predicted octanol–water partition coefficient (Wildman–Crippen LogP) is 15.6. The summed E-state index contributed by atoms with van der Waals surface area (Å²) in [5.74, 6) is 1.87. The van der Waals surface area contributed by atoms with Crippen LogP contribution < -0.4 is 5.32 Å². The lowest BCUT2D eigenvalue weighted by Crippen LogP contribution is -2.24. The van der Waals surface area contributed by atoms with Gasteiger partial charge in [0, 0.05) is 11.4 Å². The number of rotatable bonds is 6. The van der Waals surface area contributed by atoms with E-state index in [1.54, 1.807) is 11.1 Å². The summed E-state index contributed by atoms with van der Waals surface area (Å²) in [6.07, 6.45) is 13.9. The Balaban J connectivity index is 1.31. The third-order valence-corrected chi connectivity index (χ3v) is 14.9. The lowest BCUT2D eigenvalue weighted by Gasteiger charge is -2.33. The summed E-state index contributed by atoms with van der Waals surface area (Å²) in [5, 5.41) is 4.14. The molecule has 0 radical (unpaired) electrons. The van der Waals surface area contributed by atoms with Crippen LogP contribution in [-0.4, -0.2) is 0 Å². The molecule has 4 aliphatic rings. The first kappa shape index (κ1) is 38.5. The van der Waals surface area contributed by atoms with Crippen molar-refractivity contribution >= 4 is 11.4 Å². The first-order valence-electron chi connectivity index (χ1n) is 22.0. The van der Waals surface area contributed by atoms with Crippen LogP contribution in [0.25, 0.3) is 22.3 Å². The molecule has 0 aromatic heterocycles. The average molecular weight is 734 g/mol. The zero-order valence-corrected chi connectivity index (χ0v) is 36.7.